The monoisotopic (exact) mass is 287 g/mol. The second kappa shape index (κ2) is 6.52. The highest BCUT2D eigenvalue weighted by atomic mass is 35.5. The van der Waals surface area contributed by atoms with Crippen LogP contribution in [0.2, 0.25) is 5.02 Å². The van der Waals surface area contributed by atoms with Crippen LogP contribution in [0.4, 0.5) is 4.39 Å². The van der Waals surface area contributed by atoms with Crippen LogP contribution in [0, 0.1) is 11.7 Å². The molecule has 104 valence electrons. The second-order valence-corrected chi connectivity index (χ2v) is 4.98. The van der Waals surface area contributed by atoms with Gasteiger partial charge in [-0.15, -0.1) is 0 Å². The van der Waals surface area contributed by atoms with E-state index in [2.05, 4.69) is 5.32 Å². The zero-order valence-corrected chi connectivity index (χ0v) is 11.4. The molecule has 0 aromatic heterocycles. The Balaban J connectivity index is 2.87. The molecule has 6 heteroatoms. The molecule has 1 atom stereocenters. The molecule has 1 aromatic carbocycles. The maximum absolute atomic E-state index is 13.5. The Kier molecular flexibility index (Phi) is 5.30. The van der Waals surface area contributed by atoms with Crippen molar-refractivity contribution >= 4 is 23.5 Å². The molecule has 0 bridgehead atoms. The van der Waals surface area contributed by atoms with E-state index in [9.17, 15) is 14.0 Å². The zero-order chi connectivity index (χ0) is 14.6. The molecular formula is C13H15ClFNO3. The number of carbonyl (C=O) groups excluding carboxylic acids is 1. The van der Waals surface area contributed by atoms with Gasteiger partial charge >= 0.3 is 5.97 Å². The van der Waals surface area contributed by atoms with E-state index < -0.39 is 23.7 Å². The Morgan fingerprint density at radius 1 is 1.42 bits per heavy atom. The molecule has 1 amide bonds. The molecule has 19 heavy (non-hydrogen) atoms. The van der Waals surface area contributed by atoms with Crippen molar-refractivity contribution in [2.24, 2.45) is 5.92 Å². The van der Waals surface area contributed by atoms with Crippen molar-refractivity contribution in [3.05, 3.63) is 34.6 Å². The fraction of sp³-hybridized carbons (Fsp3) is 0.385. The van der Waals surface area contributed by atoms with Gasteiger partial charge in [-0.3, -0.25) is 9.59 Å². The van der Waals surface area contributed by atoms with E-state index in [1.165, 1.54) is 12.1 Å². The minimum Gasteiger partial charge on any atom is -0.481 e. The first-order valence-corrected chi connectivity index (χ1v) is 6.16. The molecular weight excluding hydrogens is 273 g/mol. The summed E-state index contributed by atoms with van der Waals surface area (Å²) in [5, 5.41) is 11.5. The van der Waals surface area contributed by atoms with Gasteiger partial charge in [0.1, 0.15) is 5.82 Å². The van der Waals surface area contributed by atoms with Crippen LogP contribution in [0.15, 0.2) is 18.2 Å². The first-order valence-electron chi connectivity index (χ1n) is 5.79. The maximum atomic E-state index is 13.5. The highest BCUT2D eigenvalue weighted by Crippen LogP contribution is 2.16. The minimum absolute atomic E-state index is 0.0812. The number of carbonyl (C=O) groups is 2. The lowest BCUT2D eigenvalue weighted by molar-refractivity contribution is -0.137. The van der Waals surface area contributed by atoms with Gasteiger partial charge in [0.15, 0.2) is 0 Å². The standard InChI is InChI=1S/C13H15ClFNO3/c1-7(2)11(6-12(17)18)16-13(19)9-5-8(14)3-4-10(9)15/h3-5,7,11H,6H2,1-2H3,(H,16,19)(H,17,18). The van der Waals surface area contributed by atoms with Crippen molar-refractivity contribution in [1.82, 2.24) is 5.32 Å². The number of hydrogen-bond donors (Lipinski definition) is 2. The zero-order valence-electron chi connectivity index (χ0n) is 10.6. The molecule has 0 aliphatic carbocycles. The third kappa shape index (κ3) is 4.52. The van der Waals surface area contributed by atoms with Crippen LogP contribution in [0.1, 0.15) is 30.6 Å². The number of hydrogen-bond acceptors (Lipinski definition) is 2. The van der Waals surface area contributed by atoms with Gasteiger partial charge < -0.3 is 10.4 Å². The van der Waals surface area contributed by atoms with Crippen molar-refractivity contribution in [3.8, 4) is 0 Å². The highest BCUT2D eigenvalue weighted by molar-refractivity contribution is 6.31. The summed E-state index contributed by atoms with van der Waals surface area (Å²) >= 11 is 5.70. The molecule has 0 saturated carbocycles. The van der Waals surface area contributed by atoms with Crippen LogP contribution >= 0.6 is 11.6 Å². The lowest BCUT2D eigenvalue weighted by Crippen LogP contribution is -2.40. The van der Waals surface area contributed by atoms with Gasteiger partial charge in [-0.2, -0.15) is 0 Å². The Morgan fingerprint density at radius 3 is 2.58 bits per heavy atom. The van der Waals surface area contributed by atoms with E-state index in [1.807, 2.05) is 0 Å². The van der Waals surface area contributed by atoms with Crippen molar-refractivity contribution in [3.63, 3.8) is 0 Å². The molecule has 0 aliphatic rings. The molecule has 0 aliphatic heterocycles. The summed E-state index contributed by atoms with van der Waals surface area (Å²) in [5.41, 5.74) is -0.191. The molecule has 1 aromatic rings. The molecule has 0 fully saturated rings. The Morgan fingerprint density at radius 2 is 2.05 bits per heavy atom. The topological polar surface area (TPSA) is 66.4 Å². The number of carboxylic acid groups (broad SMARTS) is 1. The highest BCUT2D eigenvalue weighted by Gasteiger charge is 2.21. The lowest BCUT2D eigenvalue weighted by atomic mass is 10.0. The lowest BCUT2D eigenvalue weighted by Gasteiger charge is -2.20. The number of amides is 1. The fourth-order valence-electron chi connectivity index (χ4n) is 1.56. The van der Waals surface area contributed by atoms with Crippen LogP contribution in [0.3, 0.4) is 0 Å². The van der Waals surface area contributed by atoms with Gasteiger partial charge in [-0.1, -0.05) is 25.4 Å². The normalized spacial score (nSPS) is 12.3. The molecule has 4 nitrogen and oxygen atoms in total. The van der Waals surface area contributed by atoms with E-state index in [1.54, 1.807) is 13.8 Å². The summed E-state index contributed by atoms with van der Waals surface area (Å²) in [7, 11) is 0. The third-order valence-corrected chi connectivity index (χ3v) is 2.92. The molecule has 1 rings (SSSR count). The van der Waals surface area contributed by atoms with Crippen LogP contribution in [-0.4, -0.2) is 23.0 Å². The number of carboxylic acids is 1. The average Bonchev–Trinajstić information content (AvgIpc) is 2.30. The van der Waals surface area contributed by atoms with Crippen LogP contribution in [0.5, 0.6) is 0 Å². The predicted octanol–water partition coefficient (Wildman–Crippen LogP) is 2.71. The molecule has 0 heterocycles. The van der Waals surface area contributed by atoms with Crippen molar-refractivity contribution in [2.45, 2.75) is 26.3 Å². The maximum Gasteiger partial charge on any atom is 0.305 e. The summed E-state index contributed by atoms with van der Waals surface area (Å²) in [6, 6.07) is 3.08. The molecule has 2 N–H and O–H groups in total. The number of benzene rings is 1. The SMILES string of the molecule is CC(C)C(CC(=O)O)NC(=O)c1cc(Cl)ccc1F. The van der Waals surface area contributed by atoms with Gasteiger partial charge in [0, 0.05) is 11.1 Å². The molecule has 0 saturated heterocycles. The summed E-state index contributed by atoms with van der Waals surface area (Å²) in [6.45, 7) is 3.56. The van der Waals surface area contributed by atoms with Gasteiger partial charge in [-0.05, 0) is 24.1 Å². The second-order valence-electron chi connectivity index (χ2n) is 4.55. The van der Waals surface area contributed by atoms with Crippen molar-refractivity contribution in [1.29, 1.82) is 0 Å². The van der Waals surface area contributed by atoms with E-state index in [-0.39, 0.29) is 22.9 Å². The smallest absolute Gasteiger partial charge is 0.305 e. The molecule has 0 spiro atoms. The minimum atomic E-state index is -1.02. The van der Waals surface area contributed by atoms with Gasteiger partial charge in [0.2, 0.25) is 0 Å². The largest absolute Gasteiger partial charge is 0.481 e. The Labute approximate surface area is 115 Å². The number of halogens is 2. The van der Waals surface area contributed by atoms with E-state index >= 15 is 0 Å². The average molecular weight is 288 g/mol. The van der Waals surface area contributed by atoms with Crippen molar-refractivity contribution < 1.29 is 19.1 Å². The van der Waals surface area contributed by atoms with Crippen molar-refractivity contribution in [2.75, 3.05) is 0 Å². The predicted molar refractivity (Wildman–Crippen MR) is 69.8 cm³/mol. The Hall–Kier alpha value is -1.62. The number of aliphatic carboxylic acids is 1. The third-order valence-electron chi connectivity index (χ3n) is 2.69. The first-order chi connectivity index (χ1) is 8.81. The molecule has 0 radical (unpaired) electrons. The van der Waals surface area contributed by atoms with Gasteiger partial charge in [0.25, 0.3) is 5.91 Å². The number of nitrogens with one attached hydrogen (secondary N) is 1. The van der Waals surface area contributed by atoms with E-state index in [0.717, 1.165) is 6.07 Å². The summed E-state index contributed by atoms with van der Waals surface area (Å²) in [5.74, 6) is -2.47. The van der Waals surface area contributed by atoms with Gasteiger partial charge in [-0.25, -0.2) is 4.39 Å². The molecule has 1 unspecified atom stereocenters. The summed E-state index contributed by atoms with van der Waals surface area (Å²) in [4.78, 5) is 22.6. The summed E-state index contributed by atoms with van der Waals surface area (Å²) in [6.07, 6.45) is -0.217. The van der Waals surface area contributed by atoms with E-state index in [0.29, 0.717) is 0 Å². The van der Waals surface area contributed by atoms with Crippen LogP contribution in [-0.2, 0) is 4.79 Å². The summed E-state index contributed by atoms with van der Waals surface area (Å²) < 4.78 is 13.5. The number of rotatable bonds is 5. The van der Waals surface area contributed by atoms with Gasteiger partial charge in [0.05, 0.1) is 12.0 Å². The first kappa shape index (κ1) is 15.4. The quantitative estimate of drug-likeness (QED) is 0.875. The fourth-order valence-corrected chi connectivity index (χ4v) is 1.73. The Bertz CT molecular complexity index is 491. The van der Waals surface area contributed by atoms with E-state index in [4.69, 9.17) is 16.7 Å². The van der Waals surface area contributed by atoms with Crippen LogP contribution < -0.4 is 5.32 Å². The van der Waals surface area contributed by atoms with Crippen LogP contribution in [0.25, 0.3) is 0 Å².